The fraction of sp³-hybridized carbons (Fsp3) is 0.833. The third-order valence-corrected chi connectivity index (χ3v) is 2.73. The van der Waals surface area contributed by atoms with Crippen LogP contribution in [0.5, 0.6) is 0 Å². The molecule has 0 aliphatic rings. The number of phosphoric acid groups is 2. The summed E-state index contributed by atoms with van der Waals surface area (Å²) in [5.41, 5.74) is 0. The van der Waals surface area contributed by atoms with E-state index in [-0.39, 0.29) is 206 Å². The maximum Gasteiger partial charge on any atom is 1.00 e. The molecule has 0 aromatic rings. The van der Waals surface area contributed by atoms with Gasteiger partial charge < -0.3 is 53.1 Å². The van der Waals surface area contributed by atoms with Gasteiger partial charge in [-0.2, -0.15) is 0 Å². The SMILES string of the molecule is O=C(COP(=O)([O-])[O-])[C@@H](O)[C@H](O)[C@H](O)COP(=O)([O-])[O-].[K+].[K+].[K+].[K+]. The van der Waals surface area contributed by atoms with E-state index in [2.05, 4.69) is 9.05 Å². The van der Waals surface area contributed by atoms with Gasteiger partial charge in [0.05, 0.1) is 22.3 Å². The van der Waals surface area contributed by atoms with E-state index >= 15 is 0 Å². The Kier molecular flexibility index (Phi) is 33.8. The normalized spacial score (nSPS) is 14.6. The number of aliphatic hydroxyl groups is 3. The summed E-state index contributed by atoms with van der Waals surface area (Å²) in [6.07, 6.45) is -6.83. The van der Waals surface area contributed by atoms with E-state index in [1.807, 2.05) is 0 Å². The average molecular weight is 492 g/mol. The smallest absolute Gasteiger partial charge is 0.790 e. The van der Waals surface area contributed by atoms with E-state index in [0.29, 0.717) is 0 Å². The molecule has 3 N–H and O–H groups in total. The van der Waals surface area contributed by atoms with Crippen LogP contribution >= 0.6 is 15.6 Å². The van der Waals surface area contributed by atoms with Gasteiger partial charge in [0, 0.05) is 0 Å². The van der Waals surface area contributed by atoms with Crippen molar-refractivity contribution in [2.75, 3.05) is 13.2 Å². The predicted octanol–water partition coefficient (Wildman–Crippen LogP) is -17.7. The first-order valence-electron chi connectivity index (χ1n) is 4.73. The maximum atomic E-state index is 11.1. The van der Waals surface area contributed by atoms with Gasteiger partial charge in [0.1, 0.15) is 24.9 Å². The van der Waals surface area contributed by atoms with Crippen LogP contribution in [0.1, 0.15) is 0 Å². The standard InChI is InChI=1S/C6H14O12P2.4K/c7-3(1-17-19(11,12)13)5(9)6(10)4(8)2-18-20(14,15)16;;;;/h3,5-7,9-10H,1-2H2,(H2,11,12,13)(H2,14,15,16);;;;/q;4*+1/p-4/t3-,5-,6-;;;;/m1..../s1. The van der Waals surface area contributed by atoms with Crippen LogP contribution in [0.15, 0.2) is 0 Å². The van der Waals surface area contributed by atoms with E-state index in [1.165, 1.54) is 0 Å². The van der Waals surface area contributed by atoms with Crippen molar-refractivity contribution in [3.63, 3.8) is 0 Å². The summed E-state index contributed by atoms with van der Waals surface area (Å²) in [7, 11) is -10.9. The van der Waals surface area contributed by atoms with Crippen LogP contribution < -0.4 is 225 Å². The Bertz CT molecular complexity index is 426. The molecule has 0 amide bonds. The Hall–Kier alpha value is 6.32. The number of aliphatic hydroxyl groups excluding tert-OH is 3. The summed E-state index contributed by atoms with van der Waals surface area (Å²) < 4.78 is 27.3. The van der Waals surface area contributed by atoms with Gasteiger partial charge in [-0.25, -0.2) is 0 Å². The zero-order valence-electron chi connectivity index (χ0n) is 13.6. The molecule has 0 aliphatic heterocycles. The van der Waals surface area contributed by atoms with Crippen molar-refractivity contribution in [2.45, 2.75) is 18.3 Å². The molecule has 0 spiro atoms. The van der Waals surface area contributed by atoms with Crippen LogP contribution in [-0.4, -0.2) is 52.6 Å². The van der Waals surface area contributed by atoms with Crippen LogP contribution in [0.2, 0.25) is 0 Å². The van der Waals surface area contributed by atoms with Crippen molar-refractivity contribution in [1.29, 1.82) is 0 Å². The van der Waals surface area contributed by atoms with Crippen LogP contribution in [0, 0.1) is 0 Å². The van der Waals surface area contributed by atoms with Crippen molar-refractivity contribution >= 4 is 21.4 Å². The van der Waals surface area contributed by atoms with Gasteiger partial charge in [0.25, 0.3) is 0 Å². The molecular weight excluding hydrogens is 482 g/mol. The first kappa shape index (κ1) is 40.7. The van der Waals surface area contributed by atoms with Gasteiger partial charge in [-0.15, -0.1) is 0 Å². The van der Waals surface area contributed by atoms with Crippen molar-refractivity contribution in [3.05, 3.63) is 0 Å². The Balaban J connectivity index is -0.000000301. The predicted molar refractivity (Wildman–Crippen MR) is 50.1 cm³/mol. The number of hydrogen-bond donors (Lipinski definition) is 3. The van der Waals surface area contributed by atoms with Crippen molar-refractivity contribution in [2.24, 2.45) is 0 Å². The minimum atomic E-state index is -5.47. The molecule has 18 heteroatoms. The molecule has 0 aromatic heterocycles. The quantitative estimate of drug-likeness (QED) is 0.202. The molecular formula is C6H10K4O12P2. The molecule has 3 atom stereocenters. The van der Waals surface area contributed by atoms with E-state index < -0.39 is 53.0 Å². The van der Waals surface area contributed by atoms with Crippen molar-refractivity contribution < 1.29 is 263 Å². The summed E-state index contributed by atoms with van der Waals surface area (Å²) in [6, 6.07) is 0. The van der Waals surface area contributed by atoms with Crippen LogP contribution in [0.3, 0.4) is 0 Å². The summed E-state index contributed by atoms with van der Waals surface area (Å²) in [4.78, 5) is 51.4. The fourth-order valence-corrected chi connectivity index (χ4v) is 1.52. The molecule has 0 rings (SSSR count). The monoisotopic (exact) mass is 492 g/mol. The number of rotatable bonds is 9. The number of Topliss-reactive ketones (excluding diaryl/α,β-unsaturated/α-hetero) is 1. The molecule has 0 saturated carbocycles. The minimum Gasteiger partial charge on any atom is -0.790 e. The third kappa shape index (κ3) is 23.0. The van der Waals surface area contributed by atoms with Gasteiger partial charge in [-0.1, -0.05) is 0 Å². The maximum absolute atomic E-state index is 11.1. The van der Waals surface area contributed by atoms with Crippen LogP contribution in [-0.2, 0) is 23.0 Å². The van der Waals surface area contributed by atoms with Crippen LogP contribution in [0.4, 0.5) is 0 Å². The first-order chi connectivity index (χ1) is 8.83. The van der Waals surface area contributed by atoms with Gasteiger partial charge in [0.2, 0.25) is 0 Å². The summed E-state index contributed by atoms with van der Waals surface area (Å²) in [6.45, 7) is -2.63. The Labute approximate surface area is 307 Å². The molecule has 0 heterocycles. The van der Waals surface area contributed by atoms with E-state index in [0.717, 1.165) is 0 Å². The average Bonchev–Trinajstić information content (AvgIpc) is 2.29. The molecule has 0 unspecified atom stereocenters. The van der Waals surface area contributed by atoms with Gasteiger partial charge >= 0.3 is 206 Å². The summed E-state index contributed by atoms with van der Waals surface area (Å²) in [5.74, 6) is -1.48. The van der Waals surface area contributed by atoms with E-state index in [9.17, 15) is 38.6 Å². The Morgan fingerprint density at radius 1 is 0.875 bits per heavy atom. The van der Waals surface area contributed by atoms with Crippen molar-refractivity contribution in [3.8, 4) is 0 Å². The molecule has 0 saturated heterocycles. The summed E-state index contributed by atoms with van der Waals surface area (Å²) >= 11 is 0. The summed E-state index contributed by atoms with van der Waals surface area (Å²) in [5, 5.41) is 27.5. The molecule has 0 bridgehead atoms. The molecule has 120 valence electrons. The number of carbonyl (C=O) groups is 1. The van der Waals surface area contributed by atoms with Gasteiger partial charge in [-0.05, 0) is 0 Å². The topological polar surface area (TPSA) is 223 Å². The molecule has 0 aromatic carbocycles. The molecule has 0 fully saturated rings. The Morgan fingerprint density at radius 3 is 1.58 bits per heavy atom. The van der Waals surface area contributed by atoms with E-state index in [4.69, 9.17) is 10.2 Å². The molecule has 0 radical (unpaired) electrons. The Morgan fingerprint density at radius 2 is 1.25 bits per heavy atom. The molecule has 0 aliphatic carbocycles. The number of hydrogen-bond acceptors (Lipinski definition) is 12. The van der Waals surface area contributed by atoms with Crippen molar-refractivity contribution in [1.82, 2.24) is 0 Å². The second-order valence-electron chi connectivity index (χ2n) is 3.43. The second-order valence-corrected chi connectivity index (χ2v) is 5.74. The molecule has 12 nitrogen and oxygen atoms in total. The number of phosphoric ester groups is 2. The third-order valence-electron chi connectivity index (χ3n) is 1.82. The minimum absolute atomic E-state index is 0. The first-order valence-corrected chi connectivity index (χ1v) is 7.65. The van der Waals surface area contributed by atoms with Gasteiger partial charge in [-0.3, -0.25) is 4.79 Å². The zero-order chi connectivity index (χ0) is 16.1. The second kappa shape index (κ2) is 20.0. The van der Waals surface area contributed by atoms with E-state index in [1.54, 1.807) is 0 Å². The number of ketones is 1. The number of carbonyl (C=O) groups excluding carboxylic acids is 1. The van der Waals surface area contributed by atoms with Gasteiger partial charge in [0.15, 0.2) is 5.78 Å². The largest absolute Gasteiger partial charge is 1.00 e. The van der Waals surface area contributed by atoms with Crippen LogP contribution in [0.25, 0.3) is 0 Å². The zero-order valence-corrected chi connectivity index (χ0v) is 27.8. The molecule has 24 heavy (non-hydrogen) atoms. The fourth-order valence-electron chi connectivity index (χ4n) is 0.895.